The second-order valence-corrected chi connectivity index (χ2v) is 7.68. The highest BCUT2D eigenvalue weighted by atomic mass is 32.2. The van der Waals surface area contributed by atoms with Crippen LogP contribution in [0.15, 0.2) is 0 Å². The number of piperidine rings is 1. The lowest BCUT2D eigenvalue weighted by Crippen LogP contribution is -2.46. The van der Waals surface area contributed by atoms with E-state index >= 15 is 0 Å². The molecule has 0 aliphatic carbocycles. The molecular formula is C13H28N4O2S. The summed E-state index contributed by atoms with van der Waals surface area (Å²) in [4.78, 5) is 2.38. The van der Waals surface area contributed by atoms with E-state index in [0.29, 0.717) is 25.6 Å². The van der Waals surface area contributed by atoms with Gasteiger partial charge in [0.25, 0.3) is 10.2 Å². The summed E-state index contributed by atoms with van der Waals surface area (Å²) in [6.07, 6.45) is 2.83. The Morgan fingerprint density at radius 3 is 2.45 bits per heavy atom. The van der Waals surface area contributed by atoms with Crippen LogP contribution in [0.25, 0.3) is 0 Å². The van der Waals surface area contributed by atoms with Crippen LogP contribution >= 0.6 is 0 Å². The first-order valence-corrected chi connectivity index (χ1v) is 9.20. The quantitative estimate of drug-likeness (QED) is 0.670. The smallest absolute Gasteiger partial charge is 0.279 e. The van der Waals surface area contributed by atoms with Crippen LogP contribution in [0.4, 0.5) is 0 Å². The molecule has 0 aromatic heterocycles. The van der Waals surface area contributed by atoms with Gasteiger partial charge in [-0.2, -0.15) is 12.7 Å². The second kappa shape index (κ2) is 7.70. The van der Waals surface area contributed by atoms with Gasteiger partial charge in [-0.05, 0) is 31.7 Å². The monoisotopic (exact) mass is 304 g/mol. The summed E-state index contributed by atoms with van der Waals surface area (Å²) < 4.78 is 28.6. The first-order chi connectivity index (χ1) is 9.58. The lowest BCUT2D eigenvalue weighted by atomic mass is 10.0. The molecule has 7 heteroatoms. The predicted octanol–water partition coefficient (Wildman–Crippen LogP) is -0.152. The van der Waals surface area contributed by atoms with E-state index in [1.54, 1.807) is 4.31 Å². The second-order valence-electron chi connectivity index (χ2n) is 5.93. The molecule has 2 rings (SSSR count). The molecule has 0 amide bonds. The summed E-state index contributed by atoms with van der Waals surface area (Å²) in [6.45, 7) is 9.23. The number of piperazine rings is 1. The van der Waals surface area contributed by atoms with Crippen LogP contribution in [-0.4, -0.2) is 70.0 Å². The van der Waals surface area contributed by atoms with Gasteiger partial charge in [0.05, 0.1) is 0 Å². The molecule has 2 aliphatic rings. The van der Waals surface area contributed by atoms with Crippen molar-refractivity contribution in [1.82, 2.24) is 19.2 Å². The topological polar surface area (TPSA) is 64.7 Å². The highest BCUT2D eigenvalue weighted by molar-refractivity contribution is 7.87. The molecule has 0 atom stereocenters. The van der Waals surface area contributed by atoms with Gasteiger partial charge in [-0.15, -0.1) is 0 Å². The SMILES string of the molecule is CC1CCN(S(=O)(=O)NCCCN2CCNCC2)CC1. The molecule has 2 saturated heterocycles. The van der Waals surface area contributed by atoms with E-state index in [-0.39, 0.29) is 0 Å². The molecule has 0 bridgehead atoms. The minimum absolute atomic E-state index is 0.540. The number of rotatable bonds is 6. The van der Waals surface area contributed by atoms with Crippen molar-refractivity contribution in [3.63, 3.8) is 0 Å². The van der Waals surface area contributed by atoms with E-state index in [4.69, 9.17) is 0 Å². The Balaban J connectivity index is 1.64. The Morgan fingerprint density at radius 2 is 1.80 bits per heavy atom. The van der Waals surface area contributed by atoms with Crippen molar-refractivity contribution < 1.29 is 8.42 Å². The van der Waals surface area contributed by atoms with Crippen molar-refractivity contribution in [3.05, 3.63) is 0 Å². The van der Waals surface area contributed by atoms with Gasteiger partial charge in [0.15, 0.2) is 0 Å². The van der Waals surface area contributed by atoms with Crippen LogP contribution in [0, 0.1) is 5.92 Å². The molecule has 6 nitrogen and oxygen atoms in total. The summed E-state index contributed by atoms with van der Waals surface area (Å²) in [5.74, 6) is 0.647. The van der Waals surface area contributed by atoms with Crippen LogP contribution in [0.5, 0.6) is 0 Å². The van der Waals surface area contributed by atoms with Crippen LogP contribution in [-0.2, 0) is 10.2 Å². The summed E-state index contributed by atoms with van der Waals surface area (Å²) in [7, 11) is -3.26. The largest absolute Gasteiger partial charge is 0.314 e. The van der Waals surface area contributed by atoms with E-state index in [2.05, 4.69) is 21.9 Å². The van der Waals surface area contributed by atoms with Gasteiger partial charge in [0, 0.05) is 45.8 Å². The molecule has 0 unspecified atom stereocenters. The maximum absolute atomic E-state index is 12.1. The van der Waals surface area contributed by atoms with E-state index in [1.165, 1.54) is 0 Å². The third kappa shape index (κ3) is 4.96. The molecule has 0 saturated carbocycles. The Labute approximate surface area is 123 Å². The number of hydrogen-bond acceptors (Lipinski definition) is 4. The highest BCUT2D eigenvalue weighted by Gasteiger charge is 2.25. The zero-order valence-corrected chi connectivity index (χ0v) is 13.3. The van der Waals surface area contributed by atoms with Crippen molar-refractivity contribution in [2.45, 2.75) is 26.2 Å². The summed E-state index contributed by atoms with van der Waals surface area (Å²) in [6, 6.07) is 0. The summed E-state index contributed by atoms with van der Waals surface area (Å²) >= 11 is 0. The highest BCUT2D eigenvalue weighted by Crippen LogP contribution is 2.17. The van der Waals surface area contributed by atoms with Crippen molar-refractivity contribution >= 4 is 10.2 Å². The fourth-order valence-corrected chi connectivity index (χ4v) is 4.03. The Morgan fingerprint density at radius 1 is 1.15 bits per heavy atom. The van der Waals surface area contributed by atoms with Crippen molar-refractivity contribution in [3.8, 4) is 0 Å². The maximum Gasteiger partial charge on any atom is 0.279 e. The molecule has 2 N–H and O–H groups in total. The van der Waals surface area contributed by atoms with Crippen LogP contribution in [0.1, 0.15) is 26.2 Å². The number of nitrogens with zero attached hydrogens (tertiary/aromatic N) is 2. The van der Waals surface area contributed by atoms with Gasteiger partial charge in [0.2, 0.25) is 0 Å². The minimum atomic E-state index is -3.26. The van der Waals surface area contributed by atoms with Crippen LogP contribution in [0.2, 0.25) is 0 Å². The normalized spacial score (nSPS) is 24.1. The first kappa shape index (κ1) is 16.2. The average Bonchev–Trinajstić information content (AvgIpc) is 2.45. The first-order valence-electron chi connectivity index (χ1n) is 7.76. The van der Waals surface area contributed by atoms with Gasteiger partial charge in [-0.1, -0.05) is 6.92 Å². The van der Waals surface area contributed by atoms with Crippen LogP contribution in [0.3, 0.4) is 0 Å². The van der Waals surface area contributed by atoms with Gasteiger partial charge in [-0.25, -0.2) is 4.72 Å². The van der Waals surface area contributed by atoms with Gasteiger partial charge >= 0.3 is 0 Å². The minimum Gasteiger partial charge on any atom is -0.314 e. The Hall–Kier alpha value is -0.210. The fourth-order valence-electron chi connectivity index (χ4n) is 2.76. The zero-order chi connectivity index (χ0) is 14.4. The van der Waals surface area contributed by atoms with Crippen molar-refractivity contribution in [2.75, 3.05) is 52.4 Å². The molecule has 118 valence electrons. The van der Waals surface area contributed by atoms with E-state index in [9.17, 15) is 8.42 Å². The maximum atomic E-state index is 12.1. The molecule has 2 heterocycles. The Kier molecular flexibility index (Phi) is 6.22. The number of nitrogens with one attached hydrogen (secondary N) is 2. The molecule has 0 aromatic carbocycles. The third-order valence-electron chi connectivity index (χ3n) is 4.23. The van der Waals surface area contributed by atoms with Gasteiger partial charge in [-0.3, -0.25) is 0 Å². The molecule has 2 fully saturated rings. The molecular weight excluding hydrogens is 276 g/mol. The fraction of sp³-hybridized carbons (Fsp3) is 1.00. The van der Waals surface area contributed by atoms with E-state index in [1.807, 2.05) is 0 Å². The van der Waals surface area contributed by atoms with Crippen LogP contribution < -0.4 is 10.0 Å². The van der Waals surface area contributed by atoms with E-state index < -0.39 is 10.2 Å². The molecule has 0 aromatic rings. The van der Waals surface area contributed by atoms with Crippen molar-refractivity contribution in [2.24, 2.45) is 5.92 Å². The Bertz CT molecular complexity index is 374. The van der Waals surface area contributed by atoms with E-state index in [0.717, 1.165) is 52.0 Å². The standard InChI is InChI=1S/C13H28N4O2S/c1-13-3-9-17(10-4-13)20(18,19)15-5-2-8-16-11-6-14-7-12-16/h13-15H,2-12H2,1H3. The van der Waals surface area contributed by atoms with Gasteiger partial charge < -0.3 is 10.2 Å². The lowest BCUT2D eigenvalue weighted by Gasteiger charge is -2.30. The lowest BCUT2D eigenvalue weighted by molar-refractivity contribution is 0.238. The molecule has 0 spiro atoms. The van der Waals surface area contributed by atoms with Gasteiger partial charge in [0.1, 0.15) is 0 Å². The zero-order valence-electron chi connectivity index (χ0n) is 12.5. The molecule has 20 heavy (non-hydrogen) atoms. The summed E-state index contributed by atoms with van der Waals surface area (Å²) in [5, 5.41) is 3.32. The average molecular weight is 304 g/mol. The predicted molar refractivity (Wildman–Crippen MR) is 80.8 cm³/mol. The molecule has 0 radical (unpaired) electrons. The molecule has 2 aliphatic heterocycles. The summed E-state index contributed by atoms with van der Waals surface area (Å²) in [5.41, 5.74) is 0. The third-order valence-corrected chi connectivity index (χ3v) is 5.84. The van der Waals surface area contributed by atoms with Crippen molar-refractivity contribution in [1.29, 1.82) is 0 Å². The number of hydrogen-bond donors (Lipinski definition) is 2.